The molecular formula is C20H32O2. The van der Waals surface area contributed by atoms with Crippen molar-refractivity contribution in [3.05, 3.63) is 23.3 Å². The van der Waals surface area contributed by atoms with E-state index in [1.165, 1.54) is 31.8 Å². The zero-order valence-corrected chi connectivity index (χ0v) is 14.9. The van der Waals surface area contributed by atoms with E-state index in [9.17, 15) is 4.79 Å². The number of carbonyl (C=O) groups is 1. The van der Waals surface area contributed by atoms with E-state index in [2.05, 4.69) is 33.8 Å². The predicted octanol–water partition coefficient (Wildman–Crippen LogP) is 5.60. The van der Waals surface area contributed by atoms with Gasteiger partial charge in [0.15, 0.2) is 0 Å². The molecule has 4 atom stereocenters. The molecule has 2 aliphatic rings. The highest BCUT2D eigenvalue weighted by Crippen LogP contribution is 2.61. The standard InChI is InChI=1S/C20H32O2/c1-14(13-18(21)22)9-11-19(4)16(3)10-12-20(5)15(2)7-6-8-17(19)20/h7,13,16-17H,6,8-12H2,1-5H3,(H,21,22)/b14-13+/t16-,17-,19+,20+/m0/s1. The minimum atomic E-state index is -0.819. The number of carboxylic acid groups (broad SMARTS) is 1. The summed E-state index contributed by atoms with van der Waals surface area (Å²) in [4.78, 5) is 10.8. The van der Waals surface area contributed by atoms with Crippen LogP contribution in [0.3, 0.4) is 0 Å². The summed E-state index contributed by atoms with van der Waals surface area (Å²) in [5.74, 6) is 0.626. The van der Waals surface area contributed by atoms with Gasteiger partial charge in [0.05, 0.1) is 0 Å². The summed E-state index contributed by atoms with van der Waals surface area (Å²) < 4.78 is 0. The van der Waals surface area contributed by atoms with Crippen molar-refractivity contribution in [3.63, 3.8) is 0 Å². The summed E-state index contributed by atoms with van der Waals surface area (Å²) >= 11 is 0. The first-order valence-corrected chi connectivity index (χ1v) is 8.77. The molecule has 0 saturated heterocycles. The zero-order valence-electron chi connectivity index (χ0n) is 14.9. The van der Waals surface area contributed by atoms with Gasteiger partial charge in [0.25, 0.3) is 0 Å². The summed E-state index contributed by atoms with van der Waals surface area (Å²) in [6.45, 7) is 11.6. The molecular weight excluding hydrogens is 272 g/mol. The van der Waals surface area contributed by atoms with Crippen LogP contribution in [0.15, 0.2) is 23.3 Å². The first kappa shape index (κ1) is 17.3. The Kier molecular flexibility index (Phi) is 4.89. The highest BCUT2D eigenvalue weighted by molar-refractivity contribution is 5.80. The minimum absolute atomic E-state index is 0.316. The van der Waals surface area contributed by atoms with Gasteiger partial charge < -0.3 is 5.11 Å². The lowest BCUT2D eigenvalue weighted by Crippen LogP contribution is -2.49. The van der Waals surface area contributed by atoms with Crippen LogP contribution in [0.25, 0.3) is 0 Å². The summed E-state index contributed by atoms with van der Waals surface area (Å²) in [5.41, 5.74) is 3.25. The van der Waals surface area contributed by atoms with E-state index in [0.717, 1.165) is 24.3 Å². The van der Waals surface area contributed by atoms with Crippen LogP contribution in [0.5, 0.6) is 0 Å². The highest BCUT2D eigenvalue weighted by Gasteiger charge is 2.52. The van der Waals surface area contributed by atoms with Crippen molar-refractivity contribution in [1.82, 2.24) is 0 Å². The monoisotopic (exact) mass is 304 g/mol. The predicted molar refractivity (Wildman–Crippen MR) is 91.7 cm³/mol. The Morgan fingerprint density at radius 1 is 1.41 bits per heavy atom. The van der Waals surface area contributed by atoms with Gasteiger partial charge in [-0.05, 0) is 75.0 Å². The summed E-state index contributed by atoms with van der Waals surface area (Å²) in [7, 11) is 0. The van der Waals surface area contributed by atoms with E-state index in [4.69, 9.17) is 5.11 Å². The first-order valence-electron chi connectivity index (χ1n) is 8.77. The number of fused-ring (bicyclic) bond motifs is 1. The van der Waals surface area contributed by atoms with Crippen LogP contribution < -0.4 is 0 Å². The number of rotatable bonds is 4. The molecule has 0 heterocycles. The molecule has 0 unspecified atom stereocenters. The van der Waals surface area contributed by atoms with Gasteiger partial charge in [-0.2, -0.15) is 0 Å². The van der Waals surface area contributed by atoms with E-state index in [1.807, 2.05) is 6.92 Å². The molecule has 2 rings (SSSR count). The van der Waals surface area contributed by atoms with Crippen LogP contribution in [0.1, 0.15) is 73.1 Å². The van der Waals surface area contributed by atoms with Gasteiger partial charge in [0.2, 0.25) is 0 Å². The molecule has 2 heteroatoms. The Morgan fingerprint density at radius 2 is 2.09 bits per heavy atom. The molecule has 0 bridgehead atoms. The maximum absolute atomic E-state index is 10.8. The van der Waals surface area contributed by atoms with E-state index in [1.54, 1.807) is 5.57 Å². The number of hydrogen-bond donors (Lipinski definition) is 1. The van der Waals surface area contributed by atoms with Gasteiger partial charge in [-0.25, -0.2) is 4.79 Å². The fourth-order valence-corrected chi connectivity index (χ4v) is 5.08. The van der Waals surface area contributed by atoms with Gasteiger partial charge in [-0.3, -0.25) is 0 Å². The van der Waals surface area contributed by atoms with Crippen molar-refractivity contribution in [2.24, 2.45) is 22.7 Å². The van der Waals surface area contributed by atoms with Crippen LogP contribution in [0, 0.1) is 22.7 Å². The number of carboxylic acids is 1. The van der Waals surface area contributed by atoms with E-state index < -0.39 is 5.97 Å². The number of allylic oxidation sites excluding steroid dienone is 3. The normalized spacial score (nSPS) is 39.1. The summed E-state index contributed by atoms with van der Waals surface area (Å²) in [5, 5.41) is 8.92. The second-order valence-electron chi connectivity index (χ2n) is 8.21. The van der Waals surface area contributed by atoms with Gasteiger partial charge in [0.1, 0.15) is 0 Å². The second-order valence-corrected chi connectivity index (χ2v) is 8.21. The maximum Gasteiger partial charge on any atom is 0.328 e. The molecule has 124 valence electrons. The second kappa shape index (κ2) is 6.22. The molecule has 1 fully saturated rings. The third-order valence-corrected chi connectivity index (χ3v) is 7.02. The Hall–Kier alpha value is -1.05. The summed E-state index contributed by atoms with van der Waals surface area (Å²) in [6, 6.07) is 0. The molecule has 0 radical (unpaired) electrons. The highest BCUT2D eigenvalue weighted by atomic mass is 16.4. The fourth-order valence-electron chi connectivity index (χ4n) is 5.08. The van der Waals surface area contributed by atoms with Gasteiger partial charge >= 0.3 is 5.97 Å². The molecule has 22 heavy (non-hydrogen) atoms. The lowest BCUT2D eigenvalue weighted by molar-refractivity contribution is -0.131. The Labute approximate surface area is 135 Å². The van der Waals surface area contributed by atoms with Crippen LogP contribution in [0.4, 0.5) is 0 Å². The van der Waals surface area contributed by atoms with E-state index in [0.29, 0.717) is 16.7 Å². The third kappa shape index (κ3) is 3.02. The lowest BCUT2D eigenvalue weighted by Gasteiger charge is -2.58. The molecule has 1 N–H and O–H groups in total. The molecule has 2 nitrogen and oxygen atoms in total. The van der Waals surface area contributed by atoms with Crippen molar-refractivity contribution in [2.45, 2.75) is 73.1 Å². The SMILES string of the molecule is CC1=CCC[C@H]2[C@](C)(CC/C(C)=C/C(=O)O)[C@@H](C)CC[C@]12C. The van der Waals surface area contributed by atoms with Crippen molar-refractivity contribution < 1.29 is 9.90 Å². The lowest BCUT2D eigenvalue weighted by atomic mass is 9.47. The van der Waals surface area contributed by atoms with Crippen LogP contribution >= 0.6 is 0 Å². The van der Waals surface area contributed by atoms with Crippen molar-refractivity contribution in [1.29, 1.82) is 0 Å². The van der Waals surface area contributed by atoms with E-state index >= 15 is 0 Å². The minimum Gasteiger partial charge on any atom is -0.478 e. The largest absolute Gasteiger partial charge is 0.478 e. The van der Waals surface area contributed by atoms with Crippen LogP contribution in [-0.2, 0) is 4.79 Å². The fraction of sp³-hybridized carbons (Fsp3) is 0.750. The Morgan fingerprint density at radius 3 is 2.73 bits per heavy atom. The quantitative estimate of drug-likeness (QED) is 0.542. The molecule has 0 aliphatic heterocycles. The molecule has 0 aromatic rings. The molecule has 0 amide bonds. The molecule has 0 aromatic heterocycles. The summed E-state index contributed by atoms with van der Waals surface area (Å²) in [6.07, 6.45) is 10.9. The molecule has 0 aromatic carbocycles. The van der Waals surface area contributed by atoms with Crippen molar-refractivity contribution in [2.75, 3.05) is 0 Å². The third-order valence-electron chi connectivity index (χ3n) is 7.02. The van der Waals surface area contributed by atoms with Crippen LogP contribution in [0.2, 0.25) is 0 Å². The molecule has 2 aliphatic carbocycles. The van der Waals surface area contributed by atoms with Gasteiger partial charge in [0, 0.05) is 6.08 Å². The number of aliphatic carboxylic acids is 1. The number of hydrogen-bond acceptors (Lipinski definition) is 1. The maximum atomic E-state index is 10.8. The Balaban J connectivity index is 2.22. The van der Waals surface area contributed by atoms with Crippen molar-refractivity contribution >= 4 is 5.97 Å². The van der Waals surface area contributed by atoms with Gasteiger partial charge in [-0.1, -0.05) is 38.0 Å². The van der Waals surface area contributed by atoms with Crippen molar-refractivity contribution in [3.8, 4) is 0 Å². The Bertz CT molecular complexity index is 502. The van der Waals surface area contributed by atoms with E-state index in [-0.39, 0.29) is 0 Å². The van der Waals surface area contributed by atoms with Gasteiger partial charge in [-0.15, -0.1) is 0 Å². The zero-order chi connectivity index (χ0) is 16.5. The molecule has 0 spiro atoms. The first-order chi connectivity index (χ1) is 10.2. The topological polar surface area (TPSA) is 37.3 Å². The molecule has 1 saturated carbocycles. The average Bonchev–Trinajstić information content (AvgIpc) is 2.43. The smallest absolute Gasteiger partial charge is 0.328 e. The average molecular weight is 304 g/mol. The van der Waals surface area contributed by atoms with Crippen LogP contribution in [-0.4, -0.2) is 11.1 Å².